The number of aromatic amines is 1. The fourth-order valence-corrected chi connectivity index (χ4v) is 2.84. The Bertz CT molecular complexity index is 798. The van der Waals surface area contributed by atoms with E-state index in [0.29, 0.717) is 12.1 Å². The Labute approximate surface area is 185 Å². The highest BCUT2D eigenvalue weighted by atomic mass is 16.4. The predicted molar refractivity (Wildman–Crippen MR) is 113 cm³/mol. The highest BCUT2D eigenvalue weighted by Gasteiger charge is 2.32. The highest BCUT2D eigenvalue weighted by Crippen LogP contribution is 2.10. The first-order chi connectivity index (χ1) is 15.1. The van der Waals surface area contributed by atoms with Crippen molar-refractivity contribution in [2.24, 2.45) is 17.4 Å². The summed E-state index contributed by atoms with van der Waals surface area (Å²) < 4.78 is 0. The van der Waals surface area contributed by atoms with E-state index in [1.807, 2.05) is 0 Å². The summed E-state index contributed by atoms with van der Waals surface area (Å²) in [6.45, 7) is 3.15. The highest BCUT2D eigenvalue weighted by molar-refractivity contribution is 5.94. The van der Waals surface area contributed by atoms with Crippen LogP contribution in [0.3, 0.4) is 0 Å². The summed E-state index contributed by atoms with van der Waals surface area (Å²) in [4.78, 5) is 66.7. The number of hydrogen-bond acceptors (Lipinski definition) is 7. The molecule has 178 valence electrons. The van der Waals surface area contributed by atoms with Crippen LogP contribution >= 0.6 is 0 Å². The standard InChI is InChI=1S/C19H31N7O6/c1-3-10(2)16(18(30)25-13(19(31)32)6-11-8-22-9-23-11)26-17(29)12(4-5-14(21)27)24-15(28)7-20/h8-10,12-13,16H,3-7,20H2,1-2H3,(H2,21,27)(H,22,23)(H,24,28)(H,25,30)(H,26,29)(H,31,32). The number of hydrogen-bond donors (Lipinski definition) is 7. The summed E-state index contributed by atoms with van der Waals surface area (Å²) in [6.07, 6.45) is 3.04. The number of primary amides is 1. The monoisotopic (exact) mass is 453 g/mol. The molecule has 0 spiro atoms. The SMILES string of the molecule is CCC(C)C(NC(=O)C(CCC(N)=O)NC(=O)CN)C(=O)NC(Cc1cnc[nH]1)C(=O)O. The number of imidazole rings is 1. The molecule has 1 aromatic heterocycles. The minimum Gasteiger partial charge on any atom is -0.480 e. The molecule has 1 heterocycles. The molecule has 0 fully saturated rings. The van der Waals surface area contributed by atoms with Crippen molar-refractivity contribution in [2.75, 3.05) is 6.54 Å². The number of aliphatic carboxylic acids is 1. The molecule has 13 heteroatoms. The molecule has 0 aliphatic rings. The van der Waals surface area contributed by atoms with Crippen molar-refractivity contribution in [3.05, 3.63) is 18.2 Å². The summed E-state index contributed by atoms with van der Waals surface area (Å²) in [5.74, 6) is -4.31. The summed E-state index contributed by atoms with van der Waals surface area (Å²) in [5.41, 5.74) is 10.9. The third-order valence-electron chi connectivity index (χ3n) is 4.90. The Hall–Kier alpha value is -3.48. The minimum absolute atomic E-state index is 0.0317. The van der Waals surface area contributed by atoms with Gasteiger partial charge >= 0.3 is 5.97 Å². The molecule has 0 aliphatic heterocycles. The summed E-state index contributed by atoms with van der Waals surface area (Å²) in [7, 11) is 0. The lowest BCUT2D eigenvalue weighted by atomic mass is 9.97. The van der Waals surface area contributed by atoms with Gasteiger partial charge in [0.05, 0.1) is 12.9 Å². The van der Waals surface area contributed by atoms with Crippen LogP contribution in [0, 0.1) is 5.92 Å². The molecule has 4 atom stereocenters. The zero-order valence-electron chi connectivity index (χ0n) is 18.1. The molecule has 1 aromatic rings. The second-order valence-electron chi connectivity index (χ2n) is 7.38. The van der Waals surface area contributed by atoms with Crippen LogP contribution in [0.5, 0.6) is 0 Å². The summed E-state index contributed by atoms with van der Waals surface area (Å²) in [5, 5.41) is 16.9. The lowest BCUT2D eigenvalue weighted by Crippen LogP contribution is -2.58. The van der Waals surface area contributed by atoms with E-state index < -0.39 is 47.7 Å². The molecule has 32 heavy (non-hydrogen) atoms. The smallest absolute Gasteiger partial charge is 0.326 e. The van der Waals surface area contributed by atoms with E-state index in [0.717, 1.165) is 0 Å². The number of nitrogens with zero attached hydrogens (tertiary/aromatic N) is 1. The van der Waals surface area contributed by atoms with Gasteiger partial charge in [-0.2, -0.15) is 0 Å². The Balaban J connectivity index is 2.96. The van der Waals surface area contributed by atoms with Crippen LogP contribution in [-0.2, 0) is 30.4 Å². The Kier molecular flexibility index (Phi) is 10.8. The molecular weight excluding hydrogens is 422 g/mol. The van der Waals surface area contributed by atoms with Crippen LogP contribution in [0.4, 0.5) is 0 Å². The molecule has 0 saturated carbocycles. The van der Waals surface area contributed by atoms with Crippen molar-refractivity contribution in [1.29, 1.82) is 0 Å². The molecule has 0 bridgehead atoms. The lowest BCUT2D eigenvalue weighted by molar-refractivity contribution is -0.142. The van der Waals surface area contributed by atoms with Gasteiger partial charge in [0.2, 0.25) is 23.6 Å². The van der Waals surface area contributed by atoms with E-state index in [9.17, 15) is 29.1 Å². The number of rotatable bonds is 14. The Morgan fingerprint density at radius 3 is 2.31 bits per heavy atom. The van der Waals surface area contributed by atoms with Crippen LogP contribution in [0.25, 0.3) is 0 Å². The van der Waals surface area contributed by atoms with Gasteiger partial charge in [0.1, 0.15) is 18.1 Å². The second kappa shape index (κ2) is 13.0. The third kappa shape index (κ3) is 8.71. The molecule has 4 amide bonds. The van der Waals surface area contributed by atoms with Gasteiger partial charge in [-0.05, 0) is 12.3 Å². The normalized spacial score (nSPS) is 14.5. The van der Waals surface area contributed by atoms with Crippen LogP contribution < -0.4 is 27.4 Å². The number of carboxylic acids is 1. The average molecular weight is 454 g/mol. The third-order valence-corrected chi connectivity index (χ3v) is 4.90. The fourth-order valence-electron chi connectivity index (χ4n) is 2.84. The quantitative estimate of drug-likeness (QED) is 0.163. The van der Waals surface area contributed by atoms with Crippen molar-refractivity contribution >= 4 is 29.6 Å². The van der Waals surface area contributed by atoms with Crippen molar-refractivity contribution in [2.45, 2.75) is 57.7 Å². The lowest BCUT2D eigenvalue weighted by Gasteiger charge is -2.27. The molecule has 0 aliphatic carbocycles. The molecule has 4 unspecified atom stereocenters. The number of carbonyl (C=O) groups excluding carboxylic acids is 4. The van der Waals surface area contributed by atoms with Gasteiger partial charge in [-0.1, -0.05) is 20.3 Å². The van der Waals surface area contributed by atoms with E-state index in [4.69, 9.17) is 11.5 Å². The Morgan fingerprint density at radius 1 is 1.12 bits per heavy atom. The summed E-state index contributed by atoms with van der Waals surface area (Å²) >= 11 is 0. The average Bonchev–Trinajstić information content (AvgIpc) is 3.26. The largest absolute Gasteiger partial charge is 0.480 e. The topological polar surface area (TPSA) is 222 Å². The van der Waals surface area contributed by atoms with E-state index in [2.05, 4.69) is 25.9 Å². The first-order valence-electron chi connectivity index (χ1n) is 10.2. The number of nitrogens with one attached hydrogen (secondary N) is 4. The van der Waals surface area contributed by atoms with Crippen molar-refractivity contribution in [1.82, 2.24) is 25.9 Å². The molecule has 0 saturated heterocycles. The van der Waals surface area contributed by atoms with Crippen molar-refractivity contribution < 1.29 is 29.1 Å². The second-order valence-corrected chi connectivity index (χ2v) is 7.38. The first kappa shape index (κ1) is 26.6. The van der Waals surface area contributed by atoms with E-state index >= 15 is 0 Å². The van der Waals surface area contributed by atoms with E-state index in [1.54, 1.807) is 13.8 Å². The molecule has 0 radical (unpaired) electrons. The number of carbonyl (C=O) groups is 5. The van der Waals surface area contributed by atoms with Gasteiger partial charge in [-0.15, -0.1) is 0 Å². The fraction of sp³-hybridized carbons (Fsp3) is 0.579. The minimum atomic E-state index is -1.26. The maximum Gasteiger partial charge on any atom is 0.326 e. The van der Waals surface area contributed by atoms with Gasteiger partial charge in [-0.3, -0.25) is 19.2 Å². The van der Waals surface area contributed by atoms with E-state index in [-0.39, 0.29) is 31.7 Å². The number of aromatic nitrogens is 2. The Morgan fingerprint density at radius 2 is 1.81 bits per heavy atom. The van der Waals surface area contributed by atoms with Crippen LogP contribution in [-0.4, -0.2) is 69.3 Å². The molecule has 13 nitrogen and oxygen atoms in total. The van der Waals surface area contributed by atoms with Gasteiger partial charge in [0.25, 0.3) is 0 Å². The van der Waals surface area contributed by atoms with Gasteiger partial charge in [0, 0.05) is 24.7 Å². The van der Waals surface area contributed by atoms with Crippen molar-refractivity contribution in [3.63, 3.8) is 0 Å². The molecular formula is C19H31N7O6. The number of H-pyrrole nitrogens is 1. The van der Waals surface area contributed by atoms with Gasteiger partial charge in [-0.25, -0.2) is 9.78 Å². The number of carboxylic acid groups (broad SMARTS) is 1. The zero-order chi connectivity index (χ0) is 24.3. The number of nitrogens with two attached hydrogens (primary N) is 2. The molecule has 1 rings (SSSR count). The van der Waals surface area contributed by atoms with E-state index in [1.165, 1.54) is 12.5 Å². The van der Waals surface area contributed by atoms with Crippen LogP contribution in [0.1, 0.15) is 38.8 Å². The van der Waals surface area contributed by atoms with Crippen LogP contribution in [0.15, 0.2) is 12.5 Å². The molecule has 9 N–H and O–H groups in total. The van der Waals surface area contributed by atoms with Crippen LogP contribution in [0.2, 0.25) is 0 Å². The summed E-state index contributed by atoms with van der Waals surface area (Å²) in [6, 6.07) is -3.48. The zero-order valence-corrected chi connectivity index (χ0v) is 18.1. The van der Waals surface area contributed by atoms with Gasteiger partial charge in [0.15, 0.2) is 0 Å². The predicted octanol–water partition coefficient (Wildman–Crippen LogP) is -2.24. The van der Waals surface area contributed by atoms with Crippen molar-refractivity contribution in [3.8, 4) is 0 Å². The molecule has 0 aromatic carbocycles. The van der Waals surface area contributed by atoms with Gasteiger partial charge < -0.3 is 37.5 Å². The maximum atomic E-state index is 12.9. The first-order valence-corrected chi connectivity index (χ1v) is 10.2. The maximum absolute atomic E-state index is 12.9. The number of amides is 4.